The highest BCUT2D eigenvalue weighted by Crippen LogP contribution is 2.38. The van der Waals surface area contributed by atoms with Gasteiger partial charge in [0.15, 0.2) is 0 Å². The average molecular weight is 513 g/mol. The van der Waals surface area contributed by atoms with Gasteiger partial charge in [0, 0.05) is 44.6 Å². The van der Waals surface area contributed by atoms with Gasteiger partial charge in [0.1, 0.15) is 5.67 Å². The fourth-order valence-corrected chi connectivity index (χ4v) is 4.98. The molecule has 2 aromatic carbocycles. The van der Waals surface area contributed by atoms with Gasteiger partial charge in [-0.1, -0.05) is 30.7 Å². The Kier molecular flexibility index (Phi) is 8.12. The number of nitriles is 1. The largest absolute Gasteiger partial charge is 0.376 e. The summed E-state index contributed by atoms with van der Waals surface area (Å²) in [4.78, 5) is 27.5. The molecule has 190 valence electrons. The van der Waals surface area contributed by atoms with Crippen molar-refractivity contribution in [2.45, 2.75) is 50.8 Å². The molecule has 9 heteroatoms. The van der Waals surface area contributed by atoms with E-state index in [2.05, 4.69) is 10.6 Å². The predicted octanol–water partition coefficient (Wildman–Crippen LogP) is 5.18. The third-order valence-corrected chi connectivity index (χ3v) is 7.25. The monoisotopic (exact) mass is 512 g/mol. The first-order valence-corrected chi connectivity index (χ1v) is 12.7. The van der Waals surface area contributed by atoms with E-state index >= 15 is 4.39 Å². The Labute approximate surface area is 215 Å². The van der Waals surface area contributed by atoms with Crippen molar-refractivity contribution < 1.29 is 18.7 Å². The van der Waals surface area contributed by atoms with E-state index in [1.165, 1.54) is 0 Å². The van der Waals surface area contributed by atoms with Gasteiger partial charge in [-0.05, 0) is 54.7 Å². The summed E-state index contributed by atoms with van der Waals surface area (Å²) in [6, 6.07) is 11.4. The fraction of sp³-hybridized carbons (Fsp3) is 0.444. The van der Waals surface area contributed by atoms with Gasteiger partial charge in [-0.2, -0.15) is 5.26 Å². The minimum atomic E-state index is -1.55. The number of likely N-dealkylation sites (tertiary alicyclic amines) is 1. The number of carbonyl (C=O) groups is 2. The van der Waals surface area contributed by atoms with Crippen molar-refractivity contribution in [1.29, 1.82) is 5.26 Å². The molecule has 0 saturated carbocycles. The minimum absolute atomic E-state index is 0.0110. The molecule has 2 aromatic rings. The molecule has 4 rings (SSSR count). The summed E-state index contributed by atoms with van der Waals surface area (Å²) in [5.74, 6) is -0.215. The molecule has 2 aliphatic heterocycles. The Bertz CT molecular complexity index is 1150. The van der Waals surface area contributed by atoms with Crippen LogP contribution < -0.4 is 10.6 Å². The Hall–Kier alpha value is -3.15. The lowest BCUT2D eigenvalue weighted by molar-refractivity contribution is 0.0420. The summed E-state index contributed by atoms with van der Waals surface area (Å²) in [5, 5.41) is 14.8. The topological polar surface area (TPSA) is 94.5 Å². The number of nitrogens with zero attached hydrogens (tertiary/aromatic N) is 2. The third-order valence-electron chi connectivity index (χ3n) is 6.94. The SMILES string of the molecule is CCc1cc(Cl)c(NC(=O)NCC2CCCO2)cc1C(=O)N1CCC(F)(c2ccc(C#N)cc2)CC1. The van der Waals surface area contributed by atoms with Crippen LogP contribution in [0.2, 0.25) is 5.02 Å². The summed E-state index contributed by atoms with van der Waals surface area (Å²) >= 11 is 6.41. The standard InChI is InChI=1S/C27H30ClFN4O3/c1-2-19-14-23(28)24(32-26(35)31-17-21-4-3-13-36-21)15-22(19)25(34)33-11-9-27(29,10-12-33)20-7-5-18(16-30)6-8-20/h5-8,14-15,21H,2-4,9-13,17H2,1H3,(H2,31,32,35). The number of amides is 3. The second kappa shape index (κ2) is 11.3. The van der Waals surface area contributed by atoms with Gasteiger partial charge in [0.05, 0.1) is 28.4 Å². The summed E-state index contributed by atoms with van der Waals surface area (Å²) in [6.07, 6.45) is 2.81. The minimum Gasteiger partial charge on any atom is -0.376 e. The number of alkyl halides is 1. The Morgan fingerprint density at radius 3 is 2.58 bits per heavy atom. The van der Waals surface area contributed by atoms with Gasteiger partial charge in [-0.3, -0.25) is 4.79 Å². The van der Waals surface area contributed by atoms with E-state index in [-0.39, 0.29) is 37.9 Å². The van der Waals surface area contributed by atoms with E-state index in [1.807, 2.05) is 13.0 Å². The number of ether oxygens (including phenoxy) is 1. The first kappa shape index (κ1) is 25.9. The van der Waals surface area contributed by atoms with Gasteiger partial charge >= 0.3 is 6.03 Å². The van der Waals surface area contributed by atoms with Gasteiger partial charge in [-0.15, -0.1) is 0 Å². The van der Waals surface area contributed by atoms with E-state index in [4.69, 9.17) is 21.6 Å². The molecule has 1 unspecified atom stereocenters. The second-order valence-electron chi connectivity index (χ2n) is 9.26. The molecule has 2 N–H and O–H groups in total. The number of aryl methyl sites for hydroxylation is 1. The number of piperidine rings is 1. The van der Waals surface area contributed by atoms with Crippen LogP contribution in [0, 0.1) is 11.3 Å². The molecule has 7 nitrogen and oxygen atoms in total. The Morgan fingerprint density at radius 1 is 1.25 bits per heavy atom. The number of urea groups is 1. The Morgan fingerprint density at radius 2 is 1.97 bits per heavy atom. The zero-order chi connectivity index (χ0) is 25.7. The van der Waals surface area contributed by atoms with E-state index in [9.17, 15) is 9.59 Å². The van der Waals surface area contributed by atoms with E-state index in [1.54, 1.807) is 41.3 Å². The van der Waals surface area contributed by atoms with E-state index in [0.29, 0.717) is 47.0 Å². The highest BCUT2D eigenvalue weighted by molar-refractivity contribution is 6.34. The lowest BCUT2D eigenvalue weighted by Crippen LogP contribution is -2.43. The molecule has 36 heavy (non-hydrogen) atoms. The number of rotatable bonds is 6. The second-order valence-corrected chi connectivity index (χ2v) is 9.67. The first-order chi connectivity index (χ1) is 17.3. The number of hydrogen-bond acceptors (Lipinski definition) is 4. The molecule has 2 saturated heterocycles. The van der Waals surface area contributed by atoms with E-state index < -0.39 is 11.7 Å². The van der Waals surface area contributed by atoms with Gasteiger partial charge in [0.2, 0.25) is 0 Å². The van der Waals surface area contributed by atoms with Crippen LogP contribution in [0.5, 0.6) is 0 Å². The smallest absolute Gasteiger partial charge is 0.319 e. The highest BCUT2D eigenvalue weighted by atomic mass is 35.5. The van der Waals surface area contributed by atoms with Gasteiger partial charge in [0.25, 0.3) is 5.91 Å². The number of hydrogen-bond donors (Lipinski definition) is 2. The average Bonchev–Trinajstić information content (AvgIpc) is 3.42. The molecule has 0 bridgehead atoms. The molecule has 2 heterocycles. The summed E-state index contributed by atoms with van der Waals surface area (Å²) in [6.45, 7) is 3.55. The van der Waals surface area contributed by atoms with Crippen molar-refractivity contribution in [1.82, 2.24) is 10.2 Å². The maximum Gasteiger partial charge on any atom is 0.319 e. The summed E-state index contributed by atoms with van der Waals surface area (Å²) in [5.41, 5.74) is 1.01. The van der Waals surface area contributed by atoms with Crippen LogP contribution in [0.3, 0.4) is 0 Å². The molecule has 1 atom stereocenters. The van der Waals surface area contributed by atoms with Crippen LogP contribution in [0.25, 0.3) is 0 Å². The van der Waals surface area contributed by atoms with Crippen molar-refractivity contribution in [3.63, 3.8) is 0 Å². The quantitative estimate of drug-likeness (QED) is 0.558. The summed E-state index contributed by atoms with van der Waals surface area (Å²) in [7, 11) is 0. The molecule has 2 aliphatic rings. The van der Waals surface area contributed by atoms with Gasteiger partial charge in [-0.25, -0.2) is 9.18 Å². The number of benzene rings is 2. The van der Waals surface area contributed by atoms with Crippen LogP contribution in [0.1, 0.15) is 59.7 Å². The van der Waals surface area contributed by atoms with Crippen molar-refractivity contribution in [2.75, 3.05) is 31.6 Å². The predicted molar refractivity (Wildman–Crippen MR) is 136 cm³/mol. The number of anilines is 1. The molecule has 2 fully saturated rings. The molecule has 0 aromatic heterocycles. The summed E-state index contributed by atoms with van der Waals surface area (Å²) < 4.78 is 21.2. The van der Waals surface area contributed by atoms with Gasteiger partial charge < -0.3 is 20.3 Å². The molecule has 0 aliphatic carbocycles. The van der Waals surface area contributed by atoms with Crippen molar-refractivity contribution in [3.05, 3.63) is 63.7 Å². The molecule has 0 radical (unpaired) electrons. The van der Waals surface area contributed by atoms with Crippen LogP contribution in [-0.2, 0) is 16.8 Å². The number of carbonyl (C=O) groups excluding carboxylic acids is 2. The zero-order valence-electron chi connectivity index (χ0n) is 20.3. The maximum absolute atomic E-state index is 15.7. The van der Waals surface area contributed by atoms with Crippen molar-refractivity contribution >= 4 is 29.2 Å². The lowest BCUT2D eigenvalue weighted by Gasteiger charge is -2.37. The molecular formula is C27H30ClFN4O3. The highest BCUT2D eigenvalue weighted by Gasteiger charge is 2.38. The van der Waals surface area contributed by atoms with Crippen LogP contribution in [0.4, 0.5) is 14.9 Å². The fourth-order valence-electron chi connectivity index (χ4n) is 4.75. The maximum atomic E-state index is 15.7. The Balaban J connectivity index is 1.43. The van der Waals surface area contributed by atoms with Crippen molar-refractivity contribution in [3.8, 4) is 6.07 Å². The van der Waals surface area contributed by atoms with Crippen LogP contribution in [0.15, 0.2) is 36.4 Å². The first-order valence-electron chi connectivity index (χ1n) is 12.3. The van der Waals surface area contributed by atoms with Crippen molar-refractivity contribution in [2.24, 2.45) is 0 Å². The molecule has 0 spiro atoms. The van der Waals surface area contributed by atoms with E-state index in [0.717, 1.165) is 18.4 Å². The van der Waals surface area contributed by atoms with Crippen LogP contribution in [-0.4, -0.2) is 49.2 Å². The lowest BCUT2D eigenvalue weighted by atomic mass is 9.85. The molecular weight excluding hydrogens is 483 g/mol. The third kappa shape index (κ3) is 5.80. The normalized spacial score (nSPS) is 18.9. The number of halogens is 2. The molecule has 3 amide bonds. The number of nitrogens with one attached hydrogen (secondary N) is 2. The van der Waals surface area contributed by atoms with Crippen LogP contribution >= 0.6 is 11.6 Å². The zero-order valence-corrected chi connectivity index (χ0v) is 21.0.